The predicted octanol–water partition coefficient (Wildman–Crippen LogP) is 5.20. The molecule has 38 heavy (non-hydrogen) atoms. The maximum absolute atomic E-state index is 13.9. The summed E-state index contributed by atoms with van der Waals surface area (Å²) in [7, 11) is 0. The van der Waals surface area contributed by atoms with Gasteiger partial charge in [-0.15, -0.1) is 0 Å². The van der Waals surface area contributed by atoms with Crippen molar-refractivity contribution in [3.05, 3.63) is 108 Å². The molecule has 0 aliphatic carbocycles. The van der Waals surface area contributed by atoms with Gasteiger partial charge < -0.3 is 20.7 Å². The predicted molar refractivity (Wildman–Crippen MR) is 150 cm³/mol. The lowest BCUT2D eigenvalue weighted by Crippen LogP contribution is -2.63. The highest BCUT2D eigenvalue weighted by Crippen LogP contribution is 2.26. The van der Waals surface area contributed by atoms with Crippen molar-refractivity contribution >= 4 is 22.6 Å². The van der Waals surface area contributed by atoms with Crippen LogP contribution in [0.1, 0.15) is 30.4 Å². The molecule has 2 unspecified atom stereocenters. The van der Waals surface area contributed by atoms with Crippen molar-refractivity contribution in [1.82, 2.24) is 10.2 Å². The van der Waals surface area contributed by atoms with Crippen LogP contribution in [0.25, 0.3) is 10.8 Å². The summed E-state index contributed by atoms with van der Waals surface area (Å²) in [5.74, 6) is 1.26. The Balaban J connectivity index is 1.39. The monoisotopic (exact) mass is 507 g/mol. The van der Waals surface area contributed by atoms with Crippen molar-refractivity contribution in [2.75, 3.05) is 6.54 Å². The van der Waals surface area contributed by atoms with Crippen LogP contribution >= 0.6 is 0 Å². The van der Waals surface area contributed by atoms with Crippen LogP contribution in [0.2, 0.25) is 0 Å². The number of rotatable bonds is 10. The van der Waals surface area contributed by atoms with E-state index in [1.807, 2.05) is 78.9 Å². The van der Waals surface area contributed by atoms with Crippen molar-refractivity contribution in [3.8, 4) is 11.5 Å². The standard InChI is InChI=1S/C32H33N3O3/c33-19-7-6-18-30-31(36)34-29(21-25-13-9-12-24-11-4-5-17-28(24)25)32(37)35(30)22-23-10-8-16-27(20-23)38-26-14-2-1-3-15-26/h1-5,8-17,20,29-30H,6-7,18-19,21-22,33H2,(H,34,36). The minimum Gasteiger partial charge on any atom is -0.457 e. The third kappa shape index (κ3) is 5.87. The average molecular weight is 508 g/mol. The minimum atomic E-state index is -0.622. The summed E-state index contributed by atoms with van der Waals surface area (Å²) in [5, 5.41) is 5.24. The summed E-state index contributed by atoms with van der Waals surface area (Å²) in [6, 6.07) is 30.4. The van der Waals surface area contributed by atoms with E-state index in [1.165, 1.54) is 0 Å². The summed E-state index contributed by atoms with van der Waals surface area (Å²) in [5.41, 5.74) is 7.66. The van der Waals surface area contributed by atoms with E-state index in [1.54, 1.807) is 4.90 Å². The molecule has 1 aliphatic rings. The van der Waals surface area contributed by atoms with Crippen LogP contribution in [-0.4, -0.2) is 35.3 Å². The molecule has 4 aromatic rings. The number of amides is 2. The largest absolute Gasteiger partial charge is 0.457 e. The number of carbonyl (C=O) groups is 2. The zero-order valence-electron chi connectivity index (χ0n) is 21.4. The molecule has 0 bridgehead atoms. The molecule has 1 heterocycles. The lowest BCUT2D eigenvalue weighted by atomic mass is 9.94. The fourth-order valence-electron chi connectivity index (χ4n) is 5.14. The lowest BCUT2D eigenvalue weighted by Gasteiger charge is -2.39. The third-order valence-corrected chi connectivity index (χ3v) is 7.04. The van der Waals surface area contributed by atoms with Gasteiger partial charge in [0.15, 0.2) is 0 Å². The first kappa shape index (κ1) is 25.5. The summed E-state index contributed by atoms with van der Waals surface area (Å²) in [6.07, 6.45) is 2.61. The molecular weight excluding hydrogens is 474 g/mol. The summed E-state index contributed by atoms with van der Waals surface area (Å²) >= 11 is 0. The number of nitrogens with two attached hydrogens (primary N) is 1. The van der Waals surface area contributed by atoms with E-state index in [9.17, 15) is 9.59 Å². The van der Waals surface area contributed by atoms with Gasteiger partial charge in [-0.25, -0.2) is 0 Å². The molecule has 1 saturated heterocycles. The van der Waals surface area contributed by atoms with Gasteiger partial charge in [0.05, 0.1) is 0 Å². The normalized spacial score (nSPS) is 17.4. The van der Waals surface area contributed by atoms with Crippen LogP contribution in [0.15, 0.2) is 97.1 Å². The number of carbonyl (C=O) groups excluding carboxylic acids is 2. The number of fused-ring (bicyclic) bond motifs is 1. The van der Waals surface area contributed by atoms with Gasteiger partial charge in [0, 0.05) is 13.0 Å². The molecule has 3 N–H and O–H groups in total. The highest BCUT2D eigenvalue weighted by Gasteiger charge is 2.40. The Morgan fingerprint density at radius 2 is 1.55 bits per heavy atom. The first-order valence-corrected chi connectivity index (χ1v) is 13.2. The maximum atomic E-state index is 13.9. The number of hydrogen-bond donors (Lipinski definition) is 2. The van der Waals surface area contributed by atoms with E-state index in [0.717, 1.165) is 40.5 Å². The molecule has 6 nitrogen and oxygen atoms in total. The van der Waals surface area contributed by atoms with Gasteiger partial charge >= 0.3 is 0 Å². The van der Waals surface area contributed by atoms with E-state index in [0.29, 0.717) is 31.7 Å². The molecule has 5 rings (SSSR count). The van der Waals surface area contributed by atoms with Crippen LogP contribution in [0.3, 0.4) is 0 Å². The summed E-state index contributed by atoms with van der Waals surface area (Å²) < 4.78 is 6.01. The Hall–Kier alpha value is -4.16. The number of piperazine rings is 1. The lowest BCUT2D eigenvalue weighted by molar-refractivity contribution is -0.150. The van der Waals surface area contributed by atoms with Crippen molar-refractivity contribution in [2.24, 2.45) is 5.73 Å². The molecule has 194 valence electrons. The number of ether oxygens (including phenoxy) is 1. The molecule has 2 amide bonds. The van der Waals surface area contributed by atoms with E-state index in [-0.39, 0.29) is 11.8 Å². The van der Waals surface area contributed by atoms with Crippen molar-refractivity contribution in [2.45, 2.75) is 44.3 Å². The number of benzene rings is 4. The van der Waals surface area contributed by atoms with Crippen molar-refractivity contribution < 1.29 is 14.3 Å². The van der Waals surface area contributed by atoms with Gasteiger partial charge in [-0.05, 0) is 72.0 Å². The van der Waals surface area contributed by atoms with E-state index in [4.69, 9.17) is 10.5 Å². The fraction of sp³-hybridized carbons (Fsp3) is 0.250. The second-order valence-electron chi connectivity index (χ2n) is 9.73. The molecule has 2 atom stereocenters. The fourth-order valence-corrected chi connectivity index (χ4v) is 5.14. The van der Waals surface area contributed by atoms with Gasteiger partial charge in [0.1, 0.15) is 23.6 Å². The Kier molecular flexibility index (Phi) is 8.00. The Bertz CT molecular complexity index is 1400. The number of hydrogen-bond acceptors (Lipinski definition) is 4. The Morgan fingerprint density at radius 3 is 2.39 bits per heavy atom. The topological polar surface area (TPSA) is 84.7 Å². The minimum absolute atomic E-state index is 0.0651. The molecule has 0 saturated carbocycles. The Labute approximate surface area is 223 Å². The molecule has 4 aromatic carbocycles. The van der Waals surface area contributed by atoms with E-state index < -0.39 is 12.1 Å². The third-order valence-electron chi connectivity index (χ3n) is 7.04. The summed E-state index contributed by atoms with van der Waals surface area (Å²) in [4.78, 5) is 29.0. The molecule has 0 aromatic heterocycles. The van der Waals surface area contributed by atoms with E-state index in [2.05, 4.69) is 23.5 Å². The highest BCUT2D eigenvalue weighted by atomic mass is 16.5. The van der Waals surface area contributed by atoms with Crippen LogP contribution in [0, 0.1) is 0 Å². The number of unbranched alkanes of at least 4 members (excludes halogenated alkanes) is 1. The van der Waals surface area contributed by atoms with Gasteiger partial charge in [0.25, 0.3) is 0 Å². The second-order valence-corrected chi connectivity index (χ2v) is 9.73. The number of nitrogens with one attached hydrogen (secondary N) is 1. The highest BCUT2D eigenvalue weighted by molar-refractivity contribution is 5.97. The van der Waals surface area contributed by atoms with Gasteiger partial charge in [0.2, 0.25) is 11.8 Å². The second kappa shape index (κ2) is 11.9. The van der Waals surface area contributed by atoms with Crippen LogP contribution in [-0.2, 0) is 22.6 Å². The molecule has 6 heteroatoms. The summed E-state index contributed by atoms with van der Waals surface area (Å²) in [6.45, 7) is 0.891. The molecular formula is C32H33N3O3. The molecule has 0 spiro atoms. The first-order valence-electron chi connectivity index (χ1n) is 13.2. The number of para-hydroxylation sites is 1. The van der Waals surface area contributed by atoms with E-state index >= 15 is 0 Å². The zero-order valence-corrected chi connectivity index (χ0v) is 21.4. The van der Waals surface area contributed by atoms with Crippen LogP contribution < -0.4 is 15.8 Å². The Morgan fingerprint density at radius 1 is 0.816 bits per heavy atom. The number of nitrogens with zero attached hydrogens (tertiary/aromatic N) is 1. The molecule has 1 fully saturated rings. The van der Waals surface area contributed by atoms with Gasteiger partial charge in [-0.2, -0.15) is 0 Å². The van der Waals surface area contributed by atoms with Gasteiger partial charge in [-0.3, -0.25) is 9.59 Å². The first-order chi connectivity index (χ1) is 18.6. The average Bonchev–Trinajstić information content (AvgIpc) is 2.94. The maximum Gasteiger partial charge on any atom is 0.246 e. The van der Waals surface area contributed by atoms with Crippen molar-refractivity contribution in [3.63, 3.8) is 0 Å². The SMILES string of the molecule is NCCCCC1C(=O)NC(Cc2cccc3ccccc23)C(=O)N1Cc1cccc(Oc2ccccc2)c1. The quantitative estimate of drug-likeness (QED) is 0.289. The van der Waals surface area contributed by atoms with Crippen LogP contribution in [0.4, 0.5) is 0 Å². The smallest absolute Gasteiger partial charge is 0.246 e. The van der Waals surface area contributed by atoms with Crippen molar-refractivity contribution in [1.29, 1.82) is 0 Å². The van der Waals surface area contributed by atoms with Gasteiger partial charge in [-0.1, -0.05) is 72.8 Å². The molecule has 1 aliphatic heterocycles. The zero-order chi connectivity index (χ0) is 26.3. The van der Waals surface area contributed by atoms with Crippen LogP contribution in [0.5, 0.6) is 11.5 Å². The molecule has 0 radical (unpaired) electrons.